The van der Waals surface area contributed by atoms with Gasteiger partial charge in [0.2, 0.25) is 0 Å². The topological polar surface area (TPSA) is 29.5 Å². The van der Waals surface area contributed by atoms with Gasteiger partial charge in [-0.2, -0.15) is 0 Å². The molecular formula is C15H22O2. The average Bonchev–Trinajstić information content (AvgIpc) is 2.35. The Morgan fingerprint density at radius 3 is 2.47 bits per heavy atom. The van der Waals surface area contributed by atoms with Crippen LogP contribution in [0.5, 0.6) is 0 Å². The second kappa shape index (κ2) is 6.77. The Kier molecular flexibility index (Phi) is 5.02. The van der Waals surface area contributed by atoms with Gasteiger partial charge in [-0.05, 0) is 18.4 Å². The van der Waals surface area contributed by atoms with E-state index in [1.54, 1.807) is 0 Å². The van der Waals surface area contributed by atoms with Gasteiger partial charge in [-0.15, -0.1) is 0 Å². The minimum atomic E-state index is -0.279. The van der Waals surface area contributed by atoms with Crippen LogP contribution in [-0.2, 0) is 11.3 Å². The van der Waals surface area contributed by atoms with E-state index in [0.717, 1.165) is 19.3 Å². The fourth-order valence-electron chi connectivity index (χ4n) is 2.40. The molecule has 0 spiro atoms. The van der Waals surface area contributed by atoms with Crippen LogP contribution in [0.1, 0.15) is 44.1 Å². The van der Waals surface area contributed by atoms with Crippen LogP contribution in [0.2, 0.25) is 0 Å². The standard InChI is InChI=1S/C15H22O2/c16-14-10-6-1-2-7-11-15(14)17-12-13-8-4-3-5-9-13/h3-5,8-9,14-16H,1-2,6-7,10-12H2/t14-,15+/m0/s1. The summed E-state index contributed by atoms with van der Waals surface area (Å²) in [5.41, 5.74) is 1.18. The summed E-state index contributed by atoms with van der Waals surface area (Å²) in [5.74, 6) is 0. The average molecular weight is 234 g/mol. The van der Waals surface area contributed by atoms with E-state index in [-0.39, 0.29) is 12.2 Å². The Hall–Kier alpha value is -0.860. The maximum atomic E-state index is 10.0. The number of rotatable bonds is 3. The van der Waals surface area contributed by atoms with E-state index in [0.29, 0.717) is 6.61 Å². The molecule has 1 fully saturated rings. The molecule has 0 aliphatic heterocycles. The lowest BCUT2D eigenvalue weighted by Crippen LogP contribution is -2.30. The molecule has 17 heavy (non-hydrogen) atoms. The van der Waals surface area contributed by atoms with Crippen LogP contribution in [0.15, 0.2) is 30.3 Å². The number of hydrogen-bond donors (Lipinski definition) is 1. The molecule has 94 valence electrons. The molecule has 1 aromatic carbocycles. The third-order valence-electron chi connectivity index (χ3n) is 3.47. The molecule has 1 aliphatic carbocycles. The van der Waals surface area contributed by atoms with Crippen molar-refractivity contribution in [3.63, 3.8) is 0 Å². The third kappa shape index (κ3) is 4.14. The van der Waals surface area contributed by atoms with Crippen molar-refractivity contribution < 1.29 is 9.84 Å². The number of aliphatic hydroxyl groups excluding tert-OH is 1. The van der Waals surface area contributed by atoms with Gasteiger partial charge >= 0.3 is 0 Å². The molecule has 1 aromatic rings. The molecule has 0 saturated heterocycles. The fraction of sp³-hybridized carbons (Fsp3) is 0.600. The maximum Gasteiger partial charge on any atom is 0.0838 e. The summed E-state index contributed by atoms with van der Waals surface area (Å²) in [6, 6.07) is 10.2. The smallest absolute Gasteiger partial charge is 0.0838 e. The molecule has 0 heterocycles. The van der Waals surface area contributed by atoms with Crippen LogP contribution in [0.4, 0.5) is 0 Å². The predicted molar refractivity (Wildman–Crippen MR) is 68.7 cm³/mol. The summed E-state index contributed by atoms with van der Waals surface area (Å²) in [6.45, 7) is 0.614. The summed E-state index contributed by atoms with van der Waals surface area (Å²) in [4.78, 5) is 0. The van der Waals surface area contributed by atoms with E-state index in [9.17, 15) is 5.11 Å². The Morgan fingerprint density at radius 2 is 1.71 bits per heavy atom. The van der Waals surface area contributed by atoms with Crippen LogP contribution in [0.3, 0.4) is 0 Å². The van der Waals surface area contributed by atoms with E-state index < -0.39 is 0 Å². The third-order valence-corrected chi connectivity index (χ3v) is 3.47. The van der Waals surface area contributed by atoms with E-state index in [1.165, 1.54) is 24.8 Å². The summed E-state index contributed by atoms with van der Waals surface area (Å²) in [5, 5.41) is 10.0. The molecule has 2 rings (SSSR count). The first-order valence-corrected chi connectivity index (χ1v) is 6.70. The molecule has 0 unspecified atom stereocenters. The van der Waals surface area contributed by atoms with Crippen molar-refractivity contribution in [1.82, 2.24) is 0 Å². The molecule has 0 bridgehead atoms. The second-order valence-electron chi connectivity index (χ2n) is 4.89. The summed E-state index contributed by atoms with van der Waals surface area (Å²) < 4.78 is 5.87. The molecule has 2 heteroatoms. The monoisotopic (exact) mass is 234 g/mol. The fourth-order valence-corrected chi connectivity index (χ4v) is 2.40. The Balaban J connectivity index is 1.83. The maximum absolute atomic E-state index is 10.0. The van der Waals surface area contributed by atoms with Crippen molar-refractivity contribution in [2.24, 2.45) is 0 Å². The summed E-state index contributed by atoms with van der Waals surface area (Å²) >= 11 is 0. The zero-order valence-electron chi connectivity index (χ0n) is 10.3. The van der Waals surface area contributed by atoms with Gasteiger partial charge in [0.25, 0.3) is 0 Å². The van der Waals surface area contributed by atoms with Crippen LogP contribution in [-0.4, -0.2) is 17.3 Å². The number of benzene rings is 1. The van der Waals surface area contributed by atoms with E-state index in [2.05, 4.69) is 12.1 Å². The number of ether oxygens (including phenoxy) is 1. The first-order chi connectivity index (χ1) is 8.36. The molecule has 2 nitrogen and oxygen atoms in total. The Morgan fingerprint density at radius 1 is 1.00 bits per heavy atom. The molecule has 1 aliphatic rings. The van der Waals surface area contributed by atoms with Gasteiger partial charge in [0.05, 0.1) is 18.8 Å². The minimum absolute atomic E-state index is 0.0236. The van der Waals surface area contributed by atoms with Crippen molar-refractivity contribution in [1.29, 1.82) is 0 Å². The molecule has 1 N–H and O–H groups in total. The van der Waals surface area contributed by atoms with Gasteiger partial charge in [-0.1, -0.05) is 56.0 Å². The minimum Gasteiger partial charge on any atom is -0.390 e. The lowest BCUT2D eigenvalue weighted by molar-refractivity contribution is -0.0571. The van der Waals surface area contributed by atoms with Gasteiger partial charge in [-0.25, -0.2) is 0 Å². The number of aliphatic hydroxyl groups is 1. The first-order valence-electron chi connectivity index (χ1n) is 6.70. The van der Waals surface area contributed by atoms with Gasteiger partial charge in [0, 0.05) is 0 Å². The lowest BCUT2D eigenvalue weighted by Gasteiger charge is -2.25. The van der Waals surface area contributed by atoms with Crippen LogP contribution >= 0.6 is 0 Å². The van der Waals surface area contributed by atoms with Crippen LogP contribution in [0.25, 0.3) is 0 Å². The number of hydrogen-bond acceptors (Lipinski definition) is 2. The highest BCUT2D eigenvalue weighted by molar-refractivity contribution is 5.13. The van der Waals surface area contributed by atoms with Crippen molar-refractivity contribution in [3.05, 3.63) is 35.9 Å². The highest BCUT2D eigenvalue weighted by atomic mass is 16.5. The molecule has 1 saturated carbocycles. The summed E-state index contributed by atoms with van der Waals surface area (Å²) in [6.07, 6.45) is 6.46. The first kappa shape index (κ1) is 12.6. The Bertz CT molecular complexity index is 310. The quantitative estimate of drug-likeness (QED) is 0.869. The van der Waals surface area contributed by atoms with E-state index >= 15 is 0 Å². The van der Waals surface area contributed by atoms with Crippen molar-refractivity contribution >= 4 is 0 Å². The SMILES string of the molecule is O[C@H]1CCCCCC[C@H]1OCc1ccccc1. The van der Waals surface area contributed by atoms with Gasteiger partial charge in [0.1, 0.15) is 0 Å². The van der Waals surface area contributed by atoms with Crippen molar-refractivity contribution in [2.75, 3.05) is 0 Å². The molecule has 0 amide bonds. The van der Waals surface area contributed by atoms with Gasteiger partial charge < -0.3 is 9.84 Å². The zero-order chi connectivity index (χ0) is 11.9. The van der Waals surface area contributed by atoms with Crippen molar-refractivity contribution in [2.45, 2.75) is 57.3 Å². The predicted octanol–water partition coefficient (Wildman–Crippen LogP) is 3.29. The lowest BCUT2D eigenvalue weighted by atomic mass is 9.96. The van der Waals surface area contributed by atoms with E-state index in [1.807, 2.05) is 18.2 Å². The highest BCUT2D eigenvalue weighted by Crippen LogP contribution is 2.21. The molecule has 2 atom stereocenters. The Labute approximate surface area is 104 Å². The van der Waals surface area contributed by atoms with Gasteiger partial charge in [-0.3, -0.25) is 0 Å². The zero-order valence-corrected chi connectivity index (χ0v) is 10.3. The van der Waals surface area contributed by atoms with Gasteiger partial charge in [0.15, 0.2) is 0 Å². The second-order valence-corrected chi connectivity index (χ2v) is 4.89. The normalized spacial score (nSPS) is 26.2. The van der Waals surface area contributed by atoms with Crippen LogP contribution in [0, 0.1) is 0 Å². The van der Waals surface area contributed by atoms with E-state index in [4.69, 9.17) is 4.74 Å². The molecular weight excluding hydrogens is 212 g/mol. The summed E-state index contributed by atoms with van der Waals surface area (Å²) in [7, 11) is 0. The van der Waals surface area contributed by atoms with Crippen molar-refractivity contribution in [3.8, 4) is 0 Å². The molecule has 0 radical (unpaired) electrons. The highest BCUT2D eigenvalue weighted by Gasteiger charge is 2.21. The van der Waals surface area contributed by atoms with Crippen LogP contribution < -0.4 is 0 Å². The molecule has 0 aromatic heterocycles. The largest absolute Gasteiger partial charge is 0.390 e.